The molecule has 0 nitrogen and oxygen atoms in total. The Kier molecular flexibility index (Phi) is 18.0. The maximum absolute atomic E-state index is 2.27. The Labute approximate surface area is 287 Å². The topological polar surface area (TPSA) is 0 Å². The SMILES string of the molecule is CC(C)c1ccccc1.CCc1ccccc1.Cc1ccc(C(C)(C)c2ccccc2)cc1.Cc1ccccc1.Cc1ccccc1. The molecule has 6 aromatic carbocycles. The summed E-state index contributed by atoms with van der Waals surface area (Å²) in [6, 6.07) is 61.0. The van der Waals surface area contributed by atoms with Crippen LogP contribution < -0.4 is 0 Å². The smallest absolute Gasteiger partial charge is 0.0146 e. The third-order valence-electron chi connectivity index (χ3n) is 7.87. The standard InChI is InChI=1S/C16H18.C9H12.C8H10.2C7H8/c1-13-9-11-15(12-10-13)16(2,3)14-7-5-4-6-8-14;1-8(2)9-6-4-3-5-7-9;1-2-8-6-4-3-5-7-8;2*1-7-5-3-2-4-6-7/h4-12H,1-3H3;3-8H,1-2H3;3-7H,2H2,1H3;2*2-6H,1H3. The van der Waals surface area contributed by atoms with E-state index in [0.717, 1.165) is 6.42 Å². The summed E-state index contributed by atoms with van der Waals surface area (Å²) in [6.07, 6.45) is 1.14. The van der Waals surface area contributed by atoms with Crippen molar-refractivity contribution in [1.82, 2.24) is 0 Å². The van der Waals surface area contributed by atoms with Gasteiger partial charge in [-0.05, 0) is 55.4 Å². The first-order valence-corrected chi connectivity index (χ1v) is 16.9. The normalized spacial score (nSPS) is 9.98. The highest BCUT2D eigenvalue weighted by atomic mass is 14.3. The van der Waals surface area contributed by atoms with Crippen molar-refractivity contribution in [2.75, 3.05) is 0 Å². The van der Waals surface area contributed by atoms with Crippen LogP contribution in [0.4, 0.5) is 0 Å². The molecule has 0 aliphatic rings. The highest BCUT2D eigenvalue weighted by Crippen LogP contribution is 2.31. The molecule has 0 heterocycles. The second-order valence-corrected chi connectivity index (χ2v) is 12.6. The van der Waals surface area contributed by atoms with Crippen LogP contribution in [-0.4, -0.2) is 0 Å². The summed E-state index contributed by atoms with van der Waals surface area (Å²) in [4.78, 5) is 0. The molecular formula is C47H56. The van der Waals surface area contributed by atoms with Gasteiger partial charge in [0.2, 0.25) is 0 Å². The van der Waals surface area contributed by atoms with Crippen molar-refractivity contribution in [1.29, 1.82) is 0 Å². The Morgan fingerprint density at radius 1 is 0.404 bits per heavy atom. The zero-order valence-corrected chi connectivity index (χ0v) is 30.0. The third kappa shape index (κ3) is 15.9. The molecule has 244 valence electrons. The molecule has 0 aliphatic heterocycles. The quantitative estimate of drug-likeness (QED) is 0.184. The van der Waals surface area contributed by atoms with Crippen LogP contribution in [0.25, 0.3) is 0 Å². The van der Waals surface area contributed by atoms with Crippen LogP contribution in [0.2, 0.25) is 0 Å². The Morgan fingerprint density at radius 2 is 0.723 bits per heavy atom. The Hall–Kier alpha value is -4.68. The zero-order valence-electron chi connectivity index (χ0n) is 30.0. The molecule has 0 spiro atoms. The van der Waals surface area contributed by atoms with Crippen LogP contribution in [0, 0.1) is 20.8 Å². The minimum Gasteiger partial charge on any atom is -0.0622 e. The van der Waals surface area contributed by atoms with Gasteiger partial charge >= 0.3 is 0 Å². The average molecular weight is 621 g/mol. The zero-order chi connectivity index (χ0) is 34.3. The van der Waals surface area contributed by atoms with E-state index in [1.54, 1.807) is 0 Å². The molecule has 0 bridgehead atoms. The highest BCUT2D eigenvalue weighted by molar-refractivity contribution is 5.38. The van der Waals surface area contributed by atoms with Gasteiger partial charge in [0.05, 0.1) is 0 Å². The van der Waals surface area contributed by atoms with Crippen molar-refractivity contribution >= 4 is 0 Å². The minimum atomic E-state index is 0.0783. The van der Waals surface area contributed by atoms with Gasteiger partial charge in [0.25, 0.3) is 0 Å². The molecule has 0 radical (unpaired) electrons. The molecule has 0 N–H and O–H groups in total. The molecule has 0 saturated heterocycles. The predicted octanol–water partition coefficient (Wildman–Crippen LogP) is 13.4. The van der Waals surface area contributed by atoms with Crippen LogP contribution in [0.3, 0.4) is 0 Å². The highest BCUT2D eigenvalue weighted by Gasteiger charge is 2.22. The fourth-order valence-electron chi connectivity index (χ4n) is 4.61. The van der Waals surface area contributed by atoms with E-state index in [2.05, 4.69) is 183 Å². The first kappa shape index (κ1) is 38.5. The van der Waals surface area contributed by atoms with Gasteiger partial charge in [-0.2, -0.15) is 0 Å². The maximum atomic E-state index is 2.27. The van der Waals surface area contributed by atoms with Crippen LogP contribution in [0.15, 0.2) is 176 Å². The Morgan fingerprint density at radius 3 is 1.02 bits per heavy atom. The molecule has 0 saturated carbocycles. The van der Waals surface area contributed by atoms with Gasteiger partial charge in [-0.3, -0.25) is 0 Å². The van der Waals surface area contributed by atoms with E-state index < -0.39 is 0 Å². The first-order valence-electron chi connectivity index (χ1n) is 16.9. The summed E-state index contributed by atoms with van der Waals surface area (Å²) >= 11 is 0. The van der Waals surface area contributed by atoms with Crippen molar-refractivity contribution < 1.29 is 0 Å². The van der Waals surface area contributed by atoms with E-state index in [1.165, 1.54) is 38.9 Å². The summed E-state index contributed by atoms with van der Waals surface area (Å²) in [5.41, 5.74) is 9.58. The van der Waals surface area contributed by atoms with Crippen LogP contribution in [-0.2, 0) is 11.8 Å². The molecule has 0 aromatic heterocycles. The van der Waals surface area contributed by atoms with Gasteiger partial charge in [-0.25, -0.2) is 0 Å². The second kappa shape index (κ2) is 22.0. The third-order valence-corrected chi connectivity index (χ3v) is 7.87. The molecule has 6 rings (SSSR count). The second-order valence-electron chi connectivity index (χ2n) is 12.6. The van der Waals surface area contributed by atoms with Crippen molar-refractivity contribution in [2.24, 2.45) is 0 Å². The molecule has 6 aromatic rings. The van der Waals surface area contributed by atoms with Gasteiger partial charge < -0.3 is 0 Å². The van der Waals surface area contributed by atoms with Gasteiger partial charge in [0.15, 0.2) is 0 Å². The number of aryl methyl sites for hydroxylation is 4. The van der Waals surface area contributed by atoms with E-state index in [0.29, 0.717) is 5.92 Å². The number of hydrogen-bond acceptors (Lipinski definition) is 0. The summed E-state index contributed by atoms with van der Waals surface area (Å²) in [5.74, 6) is 0.659. The van der Waals surface area contributed by atoms with E-state index in [1.807, 2.05) is 48.5 Å². The lowest BCUT2D eigenvalue weighted by Gasteiger charge is -2.26. The fourth-order valence-corrected chi connectivity index (χ4v) is 4.61. The van der Waals surface area contributed by atoms with Gasteiger partial charge in [-0.15, -0.1) is 0 Å². The number of rotatable bonds is 4. The molecule has 0 unspecified atom stereocenters. The van der Waals surface area contributed by atoms with Gasteiger partial charge in [-0.1, -0.05) is 227 Å². The predicted molar refractivity (Wildman–Crippen MR) is 208 cm³/mol. The lowest BCUT2D eigenvalue weighted by Crippen LogP contribution is -2.18. The lowest BCUT2D eigenvalue weighted by atomic mass is 9.78. The molecular weight excluding hydrogens is 565 g/mol. The summed E-state index contributed by atoms with van der Waals surface area (Å²) in [5, 5.41) is 0. The molecule has 0 aliphatic carbocycles. The van der Waals surface area contributed by atoms with Crippen molar-refractivity contribution in [2.45, 2.75) is 73.1 Å². The monoisotopic (exact) mass is 620 g/mol. The Bertz CT molecular complexity index is 1530. The molecule has 0 fully saturated rings. The van der Waals surface area contributed by atoms with Crippen LogP contribution in [0.5, 0.6) is 0 Å². The van der Waals surface area contributed by atoms with Crippen molar-refractivity contribution in [3.63, 3.8) is 0 Å². The molecule has 0 amide bonds. The average Bonchev–Trinajstić information content (AvgIpc) is 3.11. The number of hydrogen-bond donors (Lipinski definition) is 0. The van der Waals surface area contributed by atoms with Crippen molar-refractivity contribution in [3.05, 3.63) is 215 Å². The molecule has 0 atom stereocenters. The van der Waals surface area contributed by atoms with Gasteiger partial charge in [0.1, 0.15) is 0 Å². The fraction of sp³-hybridized carbons (Fsp3) is 0.234. The maximum Gasteiger partial charge on any atom is 0.0146 e. The summed E-state index contributed by atoms with van der Waals surface area (Å²) in [7, 11) is 0. The first-order chi connectivity index (χ1) is 22.6. The van der Waals surface area contributed by atoms with Crippen LogP contribution in [0.1, 0.15) is 79.5 Å². The van der Waals surface area contributed by atoms with Crippen LogP contribution >= 0.6 is 0 Å². The summed E-state index contributed by atoms with van der Waals surface area (Å²) < 4.78 is 0. The van der Waals surface area contributed by atoms with Crippen molar-refractivity contribution in [3.8, 4) is 0 Å². The van der Waals surface area contributed by atoms with E-state index >= 15 is 0 Å². The van der Waals surface area contributed by atoms with E-state index in [4.69, 9.17) is 0 Å². The lowest BCUT2D eigenvalue weighted by molar-refractivity contribution is 0.640. The Balaban J connectivity index is 0.000000214. The molecule has 47 heavy (non-hydrogen) atoms. The summed E-state index contributed by atoms with van der Waals surface area (Å²) in [6.45, 7) is 17.4. The van der Waals surface area contributed by atoms with Gasteiger partial charge in [0, 0.05) is 5.41 Å². The largest absolute Gasteiger partial charge is 0.0622 e. The minimum absolute atomic E-state index is 0.0783. The van der Waals surface area contributed by atoms with E-state index in [-0.39, 0.29) is 5.41 Å². The molecule has 0 heteroatoms. The van der Waals surface area contributed by atoms with E-state index in [9.17, 15) is 0 Å². The number of benzene rings is 6.